The Morgan fingerprint density at radius 1 is 1.28 bits per heavy atom. The third kappa shape index (κ3) is 4.91. The van der Waals surface area contributed by atoms with E-state index in [1.54, 1.807) is 19.2 Å². The van der Waals surface area contributed by atoms with Crippen LogP contribution >= 0.6 is 0 Å². The molecule has 0 radical (unpaired) electrons. The number of ether oxygens (including phenoxy) is 3. The molecule has 1 aromatic rings. The highest BCUT2D eigenvalue weighted by Gasteiger charge is 2.40. The van der Waals surface area contributed by atoms with Crippen molar-refractivity contribution in [3.63, 3.8) is 0 Å². The van der Waals surface area contributed by atoms with Gasteiger partial charge in [-0.25, -0.2) is 4.39 Å². The molecular weight excluding hydrogens is 325 g/mol. The molecule has 25 heavy (non-hydrogen) atoms. The van der Waals surface area contributed by atoms with E-state index in [4.69, 9.17) is 14.2 Å². The lowest BCUT2D eigenvalue weighted by Crippen LogP contribution is -2.57. The van der Waals surface area contributed by atoms with Crippen LogP contribution in [0.4, 0.5) is 4.39 Å². The molecule has 0 saturated carbocycles. The molecule has 6 heteroatoms. The maximum atomic E-state index is 13.3. The Kier molecular flexibility index (Phi) is 5.94. The molecule has 3 rings (SSSR count). The molecule has 2 fully saturated rings. The summed E-state index contributed by atoms with van der Waals surface area (Å²) in [7, 11) is 1.70. The number of hydrogen-bond donors (Lipinski definition) is 1. The molecule has 0 bridgehead atoms. The Balaban J connectivity index is 1.60. The molecule has 5 nitrogen and oxygen atoms in total. The zero-order valence-electron chi connectivity index (χ0n) is 14.9. The first-order valence-electron chi connectivity index (χ1n) is 8.99. The summed E-state index contributed by atoms with van der Waals surface area (Å²) in [5.74, 6) is 0.201. The van der Waals surface area contributed by atoms with E-state index in [2.05, 4.69) is 4.90 Å². The van der Waals surface area contributed by atoms with Crippen LogP contribution in [0.2, 0.25) is 0 Å². The van der Waals surface area contributed by atoms with Gasteiger partial charge in [0.25, 0.3) is 0 Å². The van der Waals surface area contributed by atoms with Crippen molar-refractivity contribution in [3.8, 4) is 5.75 Å². The molecule has 2 aliphatic rings. The number of aliphatic hydroxyl groups is 1. The molecular formula is C19H28FNO4. The van der Waals surface area contributed by atoms with Crippen LogP contribution in [0, 0.1) is 5.82 Å². The maximum Gasteiger partial charge on any atom is 0.126 e. The van der Waals surface area contributed by atoms with Crippen LogP contribution in [-0.4, -0.2) is 67.8 Å². The average molecular weight is 353 g/mol. The summed E-state index contributed by atoms with van der Waals surface area (Å²) >= 11 is 0. The predicted molar refractivity (Wildman–Crippen MR) is 92.3 cm³/mol. The largest absolute Gasteiger partial charge is 0.490 e. The highest BCUT2D eigenvalue weighted by Crippen LogP contribution is 2.29. The summed E-state index contributed by atoms with van der Waals surface area (Å²) in [5.41, 5.74) is -1.12. The van der Waals surface area contributed by atoms with E-state index >= 15 is 0 Å². The van der Waals surface area contributed by atoms with E-state index in [1.807, 2.05) is 0 Å². The van der Waals surface area contributed by atoms with Gasteiger partial charge in [-0.1, -0.05) is 6.07 Å². The van der Waals surface area contributed by atoms with Crippen molar-refractivity contribution in [2.45, 2.75) is 36.9 Å². The maximum absolute atomic E-state index is 13.3. The van der Waals surface area contributed by atoms with Gasteiger partial charge >= 0.3 is 0 Å². The van der Waals surface area contributed by atoms with Gasteiger partial charge in [-0.3, -0.25) is 4.90 Å². The molecule has 140 valence electrons. The fraction of sp³-hybridized carbons (Fsp3) is 0.684. The molecule has 0 spiro atoms. The van der Waals surface area contributed by atoms with Crippen molar-refractivity contribution in [3.05, 3.63) is 30.1 Å². The van der Waals surface area contributed by atoms with Gasteiger partial charge in [0.15, 0.2) is 0 Å². The monoisotopic (exact) mass is 353 g/mol. The fourth-order valence-corrected chi connectivity index (χ4v) is 3.77. The lowest BCUT2D eigenvalue weighted by atomic mass is 9.89. The molecule has 0 unspecified atom stereocenters. The Bertz CT molecular complexity index is 564. The van der Waals surface area contributed by atoms with E-state index in [-0.39, 0.29) is 5.82 Å². The average Bonchev–Trinajstić information content (AvgIpc) is 2.61. The summed E-state index contributed by atoms with van der Waals surface area (Å²) in [6.45, 7) is 3.85. The van der Waals surface area contributed by atoms with Crippen LogP contribution in [0.1, 0.15) is 25.7 Å². The Morgan fingerprint density at radius 3 is 2.80 bits per heavy atom. The van der Waals surface area contributed by atoms with Crippen LogP contribution in [0.25, 0.3) is 0 Å². The number of piperidine rings is 1. The summed E-state index contributed by atoms with van der Waals surface area (Å²) in [6, 6.07) is 6.17. The van der Waals surface area contributed by atoms with Gasteiger partial charge in [0.1, 0.15) is 23.8 Å². The minimum Gasteiger partial charge on any atom is -0.490 e. The van der Waals surface area contributed by atoms with E-state index in [0.29, 0.717) is 51.5 Å². The molecule has 1 N–H and O–H groups in total. The van der Waals surface area contributed by atoms with Crippen molar-refractivity contribution in [1.29, 1.82) is 0 Å². The van der Waals surface area contributed by atoms with E-state index in [0.717, 1.165) is 19.4 Å². The van der Waals surface area contributed by atoms with Crippen molar-refractivity contribution in [1.82, 2.24) is 4.90 Å². The number of methoxy groups -OCH3 is 1. The van der Waals surface area contributed by atoms with Gasteiger partial charge in [0.05, 0.1) is 5.60 Å². The fourth-order valence-electron chi connectivity index (χ4n) is 3.77. The second-order valence-corrected chi connectivity index (χ2v) is 7.28. The van der Waals surface area contributed by atoms with Gasteiger partial charge in [-0.15, -0.1) is 0 Å². The summed E-state index contributed by atoms with van der Waals surface area (Å²) < 4.78 is 30.3. The van der Waals surface area contributed by atoms with Gasteiger partial charge in [-0.05, 0) is 31.5 Å². The second kappa shape index (κ2) is 7.99. The van der Waals surface area contributed by atoms with Crippen LogP contribution < -0.4 is 4.74 Å². The lowest BCUT2D eigenvalue weighted by molar-refractivity contribution is -0.120. The van der Waals surface area contributed by atoms with Crippen LogP contribution in [0.5, 0.6) is 5.75 Å². The summed E-state index contributed by atoms with van der Waals surface area (Å²) in [5, 5.41) is 10.8. The third-order valence-corrected chi connectivity index (χ3v) is 5.29. The summed E-state index contributed by atoms with van der Waals surface area (Å²) in [4.78, 5) is 2.26. The molecule has 2 saturated heterocycles. The van der Waals surface area contributed by atoms with Crippen LogP contribution in [-0.2, 0) is 9.47 Å². The zero-order valence-corrected chi connectivity index (χ0v) is 14.9. The summed E-state index contributed by atoms with van der Waals surface area (Å²) in [6.07, 6.45) is 3.20. The molecule has 0 aromatic heterocycles. The molecule has 0 amide bonds. The molecule has 0 aliphatic carbocycles. The predicted octanol–water partition coefficient (Wildman–Crippen LogP) is 2.23. The number of β-amino-alcohol motifs (C(OH)–C–C–N with tert-alkyl or cyclic N) is 1. The normalized spacial score (nSPS) is 27.2. The first-order chi connectivity index (χ1) is 12.0. The first kappa shape index (κ1) is 18.6. The minimum absolute atomic E-state index is 0.309. The quantitative estimate of drug-likeness (QED) is 0.850. The standard InChI is InChI=1S/C19H28FNO4/c1-23-19(15-25-17-5-2-4-16(20)12-17)6-3-9-21(14-19)13-18(22)7-10-24-11-8-18/h2,4-5,12,22H,3,6-11,13-15H2,1H3/t19-/m1/s1. The van der Waals surface area contributed by atoms with Gasteiger partial charge < -0.3 is 19.3 Å². The first-order valence-corrected chi connectivity index (χ1v) is 8.99. The number of nitrogens with zero attached hydrogens (tertiary/aromatic N) is 1. The Morgan fingerprint density at radius 2 is 2.08 bits per heavy atom. The smallest absolute Gasteiger partial charge is 0.126 e. The van der Waals surface area contributed by atoms with Crippen molar-refractivity contribution in [2.75, 3.05) is 46.6 Å². The molecule has 1 aromatic carbocycles. The highest BCUT2D eigenvalue weighted by atomic mass is 19.1. The Labute approximate surface area is 148 Å². The second-order valence-electron chi connectivity index (χ2n) is 7.28. The van der Waals surface area contributed by atoms with Crippen LogP contribution in [0.15, 0.2) is 24.3 Å². The highest BCUT2D eigenvalue weighted by molar-refractivity contribution is 5.22. The van der Waals surface area contributed by atoms with E-state index in [9.17, 15) is 9.50 Å². The van der Waals surface area contributed by atoms with Crippen LogP contribution in [0.3, 0.4) is 0 Å². The SMILES string of the molecule is CO[C@]1(COc2cccc(F)c2)CCCN(CC2(O)CCOCC2)C1. The van der Waals surface area contributed by atoms with Gasteiger partial charge in [-0.2, -0.15) is 0 Å². The van der Waals surface area contributed by atoms with Crippen molar-refractivity contribution < 1.29 is 23.7 Å². The Hall–Kier alpha value is -1.21. The number of benzene rings is 1. The van der Waals surface area contributed by atoms with Crippen molar-refractivity contribution in [2.24, 2.45) is 0 Å². The number of likely N-dealkylation sites (tertiary alicyclic amines) is 1. The topological polar surface area (TPSA) is 51.2 Å². The lowest BCUT2D eigenvalue weighted by Gasteiger charge is -2.45. The minimum atomic E-state index is -0.682. The number of rotatable bonds is 6. The number of hydrogen-bond acceptors (Lipinski definition) is 5. The van der Waals surface area contributed by atoms with E-state index in [1.165, 1.54) is 12.1 Å². The van der Waals surface area contributed by atoms with Gasteiger partial charge in [0.2, 0.25) is 0 Å². The third-order valence-electron chi connectivity index (χ3n) is 5.29. The molecule has 1 atom stereocenters. The van der Waals surface area contributed by atoms with Crippen molar-refractivity contribution >= 4 is 0 Å². The molecule has 2 aliphatic heterocycles. The van der Waals surface area contributed by atoms with Gasteiger partial charge in [0, 0.05) is 52.3 Å². The molecule has 2 heterocycles. The zero-order chi connectivity index (χ0) is 17.8. The van der Waals surface area contributed by atoms with E-state index < -0.39 is 11.2 Å². The number of halogens is 1.